The zero-order valence-electron chi connectivity index (χ0n) is 8.50. The van der Waals surface area contributed by atoms with Gasteiger partial charge in [0.15, 0.2) is 5.12 Å². The summed E-state index contributed by atoms with van der Waals surface area (Å²) in [5.74, 6) is -2.09. The van der Waals surface area contributed by atoms with Gasteiger partial charge in [-0.25, -0.2) is 0 Å². The minimum atomic E-state index is -0.954. The van der Waals surface area contributed by atoms with Gasteiger partial charge in [0.25, 0.3) is 11.8 Å². The third-order valence-electron chi connectivity index (χ3n) is 1.42. The molecule has 1 heterocycles. The van der Waals surface area contributed by atoms with Gasteiger partial charge in [-0.3, -0.25) is 24.4 Å². The Morgan fingerprint density at radius 3 is 1.88 bits per heavy atom. The predicted octanol–water partition coefficient (Wildman–Crippen LogP) is -0.125. The average molecular weight is 249 g/mol. The monoisotopic (exact) mass is 249 g/mol. The molecular formula is C8H11NO6S. The second kappa shape index (κ2) is 6.96. The number of aliphatic carboxylic acids is 1. The number of carbonyl (C=O) groups excluding carboxylic acids is 3. The molecule has 1 saturated heterocycles. The van der Waals surface area contributed by atoms with Crippen LogP contribution < -0.4 is 0 Å². The number of carbonyl (C=O) groups is 4. The lowest BCUT2D eigenvalue weighted by Crippen LogP contribution is -2.24. The topological polar surface area (TPSA) is 112 Å². The van der Waals surface area contributed by atoms with Crippen molar-refractivity contribution in [2.75, 3.05) is 5.75 Å². The van der Waals surface area contributed by atoms with E-state index in [0.717, 1.165) is 11.8 Å². The molecule has 90 valence electrons. The van der Waals surface area contributed by atoms with Gasteiger partial charge in [-0.1, -0.05) is 11.8 Å². The molecule has 2 N–H and O–H groups in total. The molecule has 0 saturated carbocycles. The van der Waals surface area contributed by atoms with Crippen molar-refractivity contribution in [2.45, 2.75) is 19.8 Å². The molecular weight excluding hydrogens is 238 g/mol. The molecule has 0 aliphatic carbocycles. The van der Waals surface area contributed by atoms with E-state index >= 15 is 0 Å². The summed E-state index contributed by atoms with van der Waals surface area (Å²) in [6.45, 7) is 1.34. The molecule has 1 fully saturated rings. The predicted molar refractivity (Wildman–Crippen MR) is 53.6 cm³/mol. The van der Waals surface area contributed by atoms with Crippen molar-refractivity contribution in [3.63, 3.8) is 0 Å². The van der Waals surface area contributed by atoms with Crippen LogP contribution in [0.25, 0.3) is 0 Å². The fourth-order valence-electron chi connectivity index (χ4n) is 0.728. The van der Waals surface area contributed by atoms with E-state index in [1.165, 1.54) is 6.92 Å². The Bertz CT molecular complexity index is 286. The summed E-state index contributed by atoms with van der Waals surface area (Å²) >= 11 is 0.801. The first-order valence-electron chi connectivity index (χ1n) is 4.24. The summed E-state index contributed by atoms with van der Waals surface area (Å²) in [6, 6.07) is 0. The fraction of sp³-hybridized carbons (Fsp3) is 0.500. The van der Waals surface area contributed by atoms with Crippen LogP contribution in [0.3, 0.4) is 0 Å². The molecule has 8 heteroatoms. The number of carboxylic acids is 1. The number of nitrogens with zero attached hydrogens (tertiary/aromatic N) is 1. The van der Waals surface area contributed by atoms with Gasteiger partial charge in [-0.05, 0) is 0 Å². The molecule has 7 nitrogen and oxygen atoms in total. The number of imide groups is 1. The van der Waals surface area contributed by atoms with Gasteiger partial charge in [0.05, 0.1) is 5.75 Å². The number of hydrogen-bond acceptors (Lipinski definition) is 6. The Kier molecular flexibility index (Phi) is 6.35. The van der Waals surface area contributed by atoms with Crippen LogP contribution in [0.1, 0.15) is 19.8 Å². The molecule has 0 unspecified atom stereocenters. The second-order valence-electron chi connectivity index (χ2n) is 2.77. The Hall–Kier alpha value is -1.41. The molecule has 0 spiro atoms. The van der Waals surface area contributed by atoms with E-state index in [9.17, 15) is 19.2 Å². The smallest absolute Gasteiger partial charge is 0.313 e. The maximum Gasteiger partial charge on any atom is 0.313 e. The number of amides is 2. The van der Waals surface area contributed by atoms with Crippen LogP contribution in [0.4, 0.5) is 0 Å². The number of carboxylic acid groups (broad SMARTS) is 1. The van der Waals surface area contributed by atoms with Crippen LogP contribution in [0.5, 0.6) is 0 Å². The normalized spacial score (nSPS) is 14.5. The molecule has 0 aromatic carbocycles. The van der Waals surface area contributed by atoms with E-state index in [1.54, 1.807) is 0 Å². The van der Waals surface area contributed by atoms with E-state index in [0.29, 0.717) is 0 Å². The summed E-state index contributed by atoms with van der Waals surface area (Å²) in [7, 11) is 0. The van der Waals surface area contributed by atoms with Crippen molar-refractivity contribution in [2.24, 2.45) is 0 Å². The van der Waals surface area contributed by atoms with Gasteiger partial charge in [0.1, 0.15) is 0 Å². The molecule has 0 bridgehead atoms. The Morgan fingerprint density at radius 1 is 1.31 bits per heavy atom. The van der Waals surface area contributed by atoms with Gasteiger partial charge in [0.2, 0.25) is 0 Å². The van der Waals surface area contributed by atoms with Crippen LogP contribution in [-0.2, 0) is 19.2 Å². The molecule has 0 aromatic heterocycles. The molecule has 1 aliphatic rings. The maximum absolute atomic E-state index is 10.2. The van der Waals surface area contributed by atoms with E-state index in [1.807, 2.05) is 0 Å². The highest BCUT2D eigenvalue weighted by Crippen LogP contribution is 2.07. The number of hydroxylamine groups is 2. The summed E-state index contributed by atoms with van der Waals surface area (Å²) in [6.07, 6.45) is 0.296. The number of thioether (sulfide) groups is 1. The van der Waals surface area contributed by atoms with Gasteiger partial charge in [-0.15, -0.1) is 0 Å². The number of rotatable bonds is 2. The molecule has 0 aromatic rings. The third-order valence-corrected chi connectivity index (χ3v) is 2.22. The Morgan fingerprint density at radius 2 is 1.75 bits per heavy atom. The Labute approximate surface area is 95.4 Å². The first-order chi connectivity index (χ1) is 7.34. The SMILES string of the molecule is CC(=O)SCC(=O)O.O=C1CCC(=O)N1O. The zero-order chi connectivity index (χ0) is 12.7. The van der Waals surface area contributed by atoms with Gasteiger partial charge >= 0.3 is 5.97 Å². The molecule has 2 amide bonds. The molecule has 1 aliphatic heterocycles. The van der Waals surface area contributed by atoms with Crippen molar-refractivity contribution in [1.29, 1.82) is 0 Å². The van der Waals surface area contributed by atoms with Crippen LogP contribution in [0.2, 0.25) is 0 Å². The zero-order valence-corrected chi connectivity index (χ0v) is 9.32. The lowest BCUT2D eigenvalue weighted by molar-refractivity contribution is -0.171. The highest BCUT2D eigenvalue weighted by molar-refractivity contribution is 8.14. The van der Waals surface area contributed by atoms with Crippen molar-refractivity contribution >= 4 is 34.7 Å². The quantitative estimate of drug-likeness (QED) is 0.518. The summed E-state index contributed by atoms with van der Waals surface area (Å²) in [5.41, 5.74) is 0. The van der Waals surface area contributed by atoms with E-state index in [4.69, 9.17) is 10.3 Å². The summed E-state index contributed by atoms with van der Waals surface area (Å²) in [5, 5.41) is 16.4. The first kappa shape index (κ1) is 14.6. The van der Waals surface area contributed by atoms with Crippen LogP contribution >= 0.6 is 11.8 Å². The first-order valence-corrected chi connectivity index (χ1v) is 5.23. The fourth-order valence-corrected chi connectivity index (χ4v) is 1.05. The Balaban J connectivity index is 0.000000281. The van der Waals surface area contributed by atoms with E-state index < -0.39 is 17.8 Å². The number of hydrogen-bond donors (Lipinski definition) is 2. The highest BCUT2D eigenvalue weighted by atomic mass is 32.2. The minimum absolute atomic E-state index is 0.130. The van der Waals surface area contributed by atoms with Crippen LogP contribution in [0.15, 0.2) is 0 Å². The third kappa shape index (κ3) is 6.14. The summed E-state index contributed by atoms with van der Waals surface area (Å²) in [4.78, 5) is 40.3. The molecule has 0 radical (unpaired) electrons. The lowest BCUT2D eigenvalue weighted by Gasteiger charge is -1.98. The maximum atomic E-state index is 10.2. The van der Waals surface area contributed by atoms with Crippen molar-refractivity contribution in [1.82, 2.24) is 5.06 Å². The van der Waals surface area contributed by atoms with Gasteiger partial charge in [0, 0.05) is 19.8 Å². The van der Waals surface area contributed by atoms with Crippen molar-refractivity contribution < 1.29 is 29.5 Å². The average Bonchev–Trinajstić information content (AvgIpc) is 2.47. The van der Waals surface area contributed by atoms with Gasteiger partial charge < -0.3 is 5.11 Å². The largest absolute Gasteiger partial charge is 0.481 e. The van der Waals surface area contributed by atoms with Crippen LogP contribution in [-0.4, -0.2) is 44.0 Å². The minimum Gasteiger partial charge on any atom is -0.481 e. The van der Waals surface area contributed by atoms with Gasteiger partial charge in [-0.2, -0.15) is 5.06 Å². The van der Waals surface area contributed by atoms with E-state index in [2.05, 4.69) is 0 Å². The molecule has 0 atom stereocenters. The molecule has 16 heavy (non-hydrogen) atoms. The van der Waals surface area contributed by atoms with Crippen molar-refractivity contribution in [3.8, 4) is 0 Å². The van der Waals surface area contributed by atoms with Crippen molar-refractivity contribution in [3.05, 3.63) is 0 Å². The lowest BCUT2D eigenvalue weighted by atomic mass is 10.4. The summed E-state index contributed by atoms with van der Waals surface area (Å²) < 4.78 is 0. The van der Waals surface area contributed by atoms with Crippen LogP contribution in [0, 0.1) is 0 Å². The standard InChI is InChI=1S/C4H5NO3.C4H6O3S/c6-3-1-2-4(7)5(3)8;1-3(5)8-2-4(6)7/h8H,1-2H2;2H2,1H3,(H,6,7). The highest BCUT2D eigenvalue weighted by Gasteiger charge is 2.26. The molecule has 1 rings (SSSR count). The second-order valence-corrected chi connectivity index (χ2v) is 3.93. The van der Waals surface area contributed by atoms with E-state index in [-0.39, 0.29) is 28.8 Å².